The van der Waals surface area contributed by atoms with Crippen molar-refractivity contribution in [2.45, 2.75) is 109 Å². The predicted octanol–water partition coefficient (Wildman–Crippen LogP) is 6.26. The molecule has 0 bridgehead atoms. The second-order valence-corrected chi connectivity index (χ2v) is 7.52. The fourth-order valence-corrected chi connectivity index (χ4v) is 3.80. The summed E-state index contributed by atoms with van der Waals surface area (Å²) in [4.78, 5) is 0. The summed E-state index contributed by atoms with van der Waals surface area (Å²) in [6, 6.07) is 0. The molecule has 0 aromatic carbocycles. The smallest absolute Gasteiger partial charge is 0.0487 e. The van der Waals surface area contributed by atoms with E-state index in [1.807, 2.05) is 0 Å². The Hall–Kier alpha value is -0.0800. The summed E-state index contributed by atoms with van der Waals surface area (Å²) >= 11 is 0. The summed E-state index contributed by atoms with van der Waals surface area (Å²) in [6.07, 6.45) is 23.8. The third kappa shape index (κ3) is 14.0. The van der Waals surface area contributed by atoms with Gasteiger partial charge in [-0.25, -0.2) is 0 Å². The summed E-state index contributed by atoms with van der Waals surface area (Å²) in [6.45, 7) is 1.85. The Labute approximate surface area is 145 Å². The average Bonchev–Trinajstić information content (AvgIpc) is 3.08. The van der Waals surface area contributed by atoms with Gasteiger partial charge in [0, 0.05) is 19.8 Å². The standard InChI is InChI=1S/C21H42O2/c22-18-14-20-23-19-13-9-7-5-3-1-2-4-6-8-10-15-21-16-11-12-17-21/h21-22H,1-20H2. The van der Waals surface area contributed by atoms with Crippen molar-refractivity contribution in [1.82, 2.24) is 0 Å². The number of aliphatic hydroxyl groups is 1. The minimum atomic E-state index is 0.251. The molecule has 1 aliphatic rings. The molecule has 0 aliphatic heterocycles. The van der Waals surface area contributed by atoms with Gasteiger partial charge in [-0.2, -0.15) is 0 Å². The SMILES string of the molecule is OCCCOCCCCCCCCCCCCCC1CCCC1. The fourth-order valence-electron chi connectivity index (χ4n) is 3.80. The van der Waals surface area contributed by atoms with Crippen LogP contribution in [-0.4, -0.2) is 24.9 Å². The third-order valence-corrected chi connectivity index (χ3v) is 5.32. The van der Waals surface area contributed by atoms with E-state index in [1.54, 1.807) is 0 Å². The van der Waals surface area contributed by atoms with E-state index in [4.69, 9.17) is 9.84 Å². The number of aliphatic hydroxyl groups excluding tert-OH is 1. The van der Waals surface area contributed by atoms with Crippen LogP contribution < -0.4 is 0 Å². The largest absolute Gasteiger partial charge is 0.396 e. The number of ether oxygens (including phenoxy) is 1. The molecule has 0 saturated heterocycles. The first-order valence-corrected chi connectivity index (χ1v) is 10.6. The monoisotopic (exact) mass is 326 g/mol. The molecule has 0 heterocycles. The molecule has 2 heteroatoms. The lowest BCUT2D eigenvalue weighted by Gasteiger charge is -2.08. The van der Waals surface area contributed by atoms with Crippen molar-refractivity contribution in [3.63, 3.8) is 0 Å². The Morgan fingerprint density at radius 3 is 1.65 bits per heavy atom. The van der Waals surface area contributed by atoms with Crippen LogP contribution in [0.15, 0.2) is 0 Å². The molecular formula is C21H42O2. The van der Waals surface area contributed by atoms with Gasteiger partial charge in [-0.3, -0.25) is 0 Å². The van der Waals surface area contributed by atoms with E-state index >= 15 is 0 Å². The minimum absolute atomic E-state index is 0.251. The fraction of sp³-hybridized carbons (Fsp3) is 1.00. The molecule has 0 amide bonds. The van der Waals surface area contributed by atoms with E-state index in [-0.39, 0.29) is 6.61 Å². The van der Waals surface area contributed by atoms with Gasteiger partial charge in [-0.15, -0.1) is 0 Å². The lowest BCUT2D eigenvalue weighted by molar-refractivity contribution is 0.112. The Morgan fingerprint density at radius 2 is 1.09 bits per heavy atom. The Morgan fingerprint density at radius 1 is 0.609 bits per heavy atom. The quantitative estimate of drug-likeness (QED) is 0.320. The molecular weight excluding hydrogens is 284 g/mol. The normalized spacial score (nSPS) is 15.5. The van der Waals surface area contributed by atoms with Gasteiger partial charge in [-0.1, -0.05) is 96.3 Å². The second kappa shape index (κ2) is 16.8. The molecule has 0 radical (unpaired) electrons. The molecule has 0 unspecified atom stereocenters. The molecule has 2 nitrogen and oxygen atoms in total. The molecule has 0 aromatic rings. The van der Waals surface area contributed by atoms with E-state index in [9.17, 15) is 0 Å². The van der Waals surface area contributed by atoms with Gasteiger partial charge in [0.25, 0.3) is 0 Å². The van der Waals surface area contributed by atoms with Crippen LogP contribution in [0.5, 0.6) is 0 Å². The lowest BCUT2D eigenvalue weighted by Crippen LogP contribution is -1.98. The molecule has 1 N–H and O–H groups in total. The summed E-state index contributed by atoms with van der Waals surface area (Å²) in [5.74, 6) is 1.09. The van der Waals surface area contributed by atoms with Crippen LogP contribution in [0.3, 0.4) is 0 Å². The molecule has 138 valence electrons. The average molecular weight is 327 g/mol. The van der Waals surface area contributed by atoms with E-state index in [2.05, 4.69) is 0 Å². The zero-order valence-electron chi connectivity index (χ0n) is 15.6. The van der Waals surface area contributed by atoms with Gasteiger partial charge in [0.1, 0.15) is 0 Å². The van der Waals surface area contributed by atoms with Crippen LogP contribution >= 0.6 is 0 Å². The van der Waals surface area contributed by atoms with Gasteiger partial charge < -0.3 is 9.84 Å². The highest BCUT2D eigenvalue weighted by Crippen LogP contribution is 2.29. The van der Waals surface area contributed by atoms with Crippen molar-refractivity contribution in [3.8, 4) is 0 Å². The van der Waals surface area contributed by atoms with Crippen LogP contribution in [-0.2, 0) is 4.74 Å². The number of hydrogen-bond acceptors (Lipinski definition) is 2. The highest BCUT2D eigenvalue weighted by molar-refractivity contribution is 4.67. The molecule has 1 aliphatic carbocycles. The number of rotatable bonds is 17. The highest BCUT2D eigenvalue weighted by Gasteiger charge is 2.13. The minimum Gasteiger partial charge on any atom is -0.396 e. The first-order chi connectivity index (χ1) is 11.4. The molecule has 0 atom stereocenters. The topological polar surface area (TPSA) is 29.5 Å². The van der Waals surface area contributed by atoms with Crippen LogP contribution in [0.25, 0.3) is 0 Å². The van der Waals surface area contributed by atoms with Gasteiger partial charge in [-0.05, 0) is 18.8 Å². The van der Waals surface area contributed by atoms with Crippen molar-refractivity contribution in [1.29, 1.82) is 0 Å². The Bertz CT molecular complexity index is 224. The molecule has 0 aromatic heterocycles. The van der Waals surface area contributed by atoms with E-state index in [0.29, 0.717) is 0 Å². The molecule has 23 heavy (non-hydrogen) atoms. The zero-order chi connectivity index (χ0) is 16.4. The molecule has 1 rings (SSSR count). The van der Waals surface area contributed by atoms with Crippen LogP contribution in [0.2, 0.25) is 0 Å². The summed E-state index contributed by atoms with van der Waals surface area (Å²) in [5, 5.41) is 8.63. The maximum Gasteiger partial charge on any atom is 0.0487 e. The molecule has 0 spiro atoms. The van der Waals surface area contributed by atoms with Gasteiger partial charge in [0.05, 0.1) is 0 Å². The number of hydrogen-bond donors (Lipinski definition) is 1. The van der Waals surface area contributed by atoms with E-state index in [1.165, 1.54) is 103 Å². The summed E-state index contributed by atoms with van der Waals surface area (Å²) < 4.78 is 5.44. The van der Waals surface area contributed by atoms with Crippen molar-refractivity contribution in [2.75, 3.05) is 19.8 Å². The Balaban J connectivity index is 1.64. The predicted molar refractivity (Wildman–Crippen MR) is 99.9 cm³/mol. The molecule has 1 saturated carbocycles. The first-order valence-electron chi connectivity index (χ1n) is 10.6. The Kier molecular flexibility index (Phi) is 15.3. The maximum absolute atomic E-state index is 8.63. The second-order valence-electron chi connectivity index (χ2n) is 7.52. The van der Waals surface area contributed by atoms with Gasteiger partial charge in [0.15, 0.2) is 0 Å². The van der Waals surface area contributed by atoms with Crippen LogP contribution in [0.4, 0.5) is 0 Å². The number of unbranched alkanes of at least 4 members (excludes halogenated alkanes) is 10. The third-order valence-electron chi connectivity index (χ3n) is 5.32. The van der Waals surface area contributed by atoms with Crippen molar-refractivity contribution < 1.29 is 9.84 Å². The summed E-state index contributed by atoms with van der Waals surface area (Å²) in [5.41, 5.74) is 0. The van der Waals surface area contributed by atoms with Crippen LogP contribution in [0.1, 0.15) is 109 Å². The van der Waals surface area contributed by atoms with Crippen molar-refractivity contribution in [3.05, 3.63) is 0 Å². The van der Waals surface area contributed by atoms with E-state index in [0.717, 1.165) is 25.6 Å². The highest BCUT2D eigenvalue weighted by atomic mass is 16.5. The zero-order valence-corrected chi connectivity index (χ0v) is 15.6. The van der Waals surface area contributed by atoms with Crippen molar-refractivity contribution in [2.24, 2.45) is 5.92 Å². The molecule has 1 fully saturated rings. The lowest BCUT2D eigenvalue weighted by atomic mass is 9.99. The van der Waals surface area contributed by atoms with Crippen LogP contribution in [0, 0.1) is 5.92 Å². The maximum atomic E-state index is 8.63. The van der Waals surface area contributed by atoms with E-state index < -0.39 is 0 Å². The first kappa shape index (κ1) is 21.0. The summed E-state index contributed by atoms with van der Waals surface area (Å²) in [7, 11) is 0. The van der Waals surface area contributed by atoms with Crippen molar-refractivity contribution >= 4 is 0 Å². The van der Waals surface area contributed by atoms with Gasteiger partial charge >= 0.3 is 0 Å². The van der Waals surface area contributed by atoms with Gasteiger partial charge in [0.2, 0.25) is 0 Å².